The molecule has 0 saturated heterocycles. The van der Waals surface area contributed by atoms with Crippen LogP contribution < -0.4 is 10.1 Å². The largest absolute Gasteiger partial charge is 0.490 e. The van der Waals surface area contributed by atoms with Gasteiger partial charge in [0.2, 0.25) is 0 Å². The fraction of sp³-hybridized carbons (Fsp3) is 0.263. The molecular formula is C19H20INO4. The first-order valence-electron chi connectivity index (χ1n) is 8.00. The van der Waals surface area contributed by atoms with Crippen LogP contribution in [-0.4, -0.2) is 31.6 Å². The lowest BCUT2D eigenvalue weighted by Crippen LogP contribution is -2.31. The Bertz CT molecular complexity index is 733. The van der Waals surface area contributed by atoms with Crippen molar-refractivity contribution in [3.8, 4) is 5.75 Å². The second-order valence-corrected chi connectivity index (χ2v) is 6.39. The van der Waals surface area contributed by atoms with Gasteiger partial charge in [-0.05, 0) is 58.8 Å². The number of rotatable bonds is 8. The highest BCUT2D eigenvalue weighted by Gasteiger charge is 2.11. The van der Waals surface area contributed by atoms with Crippen molar-refractivity contribution in [3.05, 3.63) is 63.2 Å². The molecule has 5 nitrogen and oxygen atoms in total. The zero-order valence-corrected chi connectivity index (χ0v) is 16.1. The van der Waals surface area contributed by atoms with Crippen LogP contribution in [0.15, 0.2) is 48.5 Å². The number of ether oxygens (including phenoxy) is 2. The van der Waals surface area contributed by atoms with Crippen molar-refractivity contribution < 1.29 is 19.1 Å². The van der Waals surface area contributed by atoms with Gasteiger partial charge in [0.25, 0.3) is 5.91 Å². The van der Waals surface area contributed by atoms with Crippen LogP contribution in [0.2, 0.25) is 0 Å². The summed E-state index contributed by atoms with van der Waals surface area (Å²) >= 11 is 2.08. The van der Waals surface area contributed by atoms with Crippen molar-refractivity contribution in [1.82, 2.24) is 5.32 Å². The lowest BCUT2D eigenvalue weighted by Gasteiger charge is -2.09. The number of carbonyl (C=O) groups is 2. The van der Waals surface area contributed by atoms with E-state index < -0.39 is 5.97 Å². The summed E-state index contributed by atoms with van der Waals surface area (Å²) in [6.07, 6.45) is 0.937. The molecule has 2 aromatic rings. The molecular weight excluding hydrogens is 433 g/mol. The van der Waals surface area contributed by atoms with Gasteiger partial charge in [-0.1, -0.05) is 31.2 Å². The molecule has 1 amide bonds. The summed E-state index contributed by atoms with van der Waals surface area (Å²) in [5.41, 5.74) is 1.72. The zero-order valence-electron chi connectivity index (χ0n) is 14.0. The van der Waals surface area contributed by atoms with Gasteiger partial charge in [0, 0.05) is 3.57 Å². The van der Waals surface area contributed by atoms with E-state index in [2.05, 4.69) is 34.8 Å². The number of amides is 1. The summed E-state index contributed by atoms with van der Waals surface area (Å²) in [6.45, 7) is 2.30. The Morgan fingerprint density at radius 3 is 2.64 bits per heavy atom. The average molecular weight is 453 g/mol. The number of hydrogen-bond acceptors (Lipinski definition) is 4. The Balaban J connectivity index is 1.67. The highest BCUT2D eigenvalue weighted by Crippen LogP contribution is 2.13. The third-order valence-corrected chi connectivity index (χ3v) is 4.37. The van der Waals surface area contributed by atoms with Gasteiger partial charge in [-0.25, -0.2) is 0 Å². The first-order valence-corrected chi connectivity index (χ1v) is 9.08. The number of nitrogens with one attached hydrogen (secondary N) is 1. The van der Waals surface area contributed by atoms with Crippen molar-refractivity contribution in [1.29, 1.82) is 0 Å². The fourth-order valence-electron chi connectivity index (χ4n) is 2.11. The van der Waals surface area contributed by atoms with Crippen molar-refractivity contribution >= 4 is 34.5 Å². The van der Waals surface area contributed by atoms with E-state index in [1.165, 1.54) is 5.56 Å². The molecule has 6 heteroatoms. The van der Waals surface area contributed by atoms with Gasteiger partial charge in [-0.3, -0.25) is 9.59 Å². The van der Waals surface area contributed by atoms with E-state index in [4.69, 9.17) is 9.47 Å². The van der Waals surface area contributed by atoms with Crippen LogP contribution >= 0.6 is 22.6 Å². The van der Waals surface area contributed by atoms with Crippen LogP contribution in [-0.2, 0) is 16.0 Å². The quantitative estimate of drug-likeness (QED) is 0.379. The fourth-order valence-corrected chi connectivity index (χ4v) is 2.75. The lowest BCUT2D eigenvalue weighted by atomic mass is 10.2. The third-order valence-electron chi connectivity index (χ3n) is 3.43. The predicted molar refractivity (Wildman–Crippen MR) is 104 cm³/mol. The molecule has 0 bridgehead atoms. The molecule has 0 aliphatic carbocycles. The summed E-state index contributed by atoms with van der Waals surface area (Å²) in [5.74, 6) is -0.0397. The molecule has 0 aromatic heterocycles. The van der Waals surface area contributed by atoms with E-state index in [0.717, 1.165) is 15.7 Å². The monoisotopic (exact) mass is 453 g/mol. The first kappa shape index (κ1) is 19.2. The Kier molecular flexibility index (Phi) is 7.72. The molecule has 0 fully saturated rings. The van der Waals surface area contributed by atoms with E-state index in [-0.39, 0.29) is 25.7 Å². The maximum absolute atomic E-state index is 12.0. The van der Waals surface area contributed by atoms with Crippen molar-refractivity contribution in [2.75, 3.05) is 19.8 Å². The number of carbonyl (C=O) groups excluding carboxylic acids is 2. The SMILES string of the molecule is CCc1cccc(OCCOC(=O)CNC(=O)c2ccccc2I)c1. The molecule has 25 heavy (non-hydrogen) atoms. The average Bonchev–Trinajstić information content (AvgIpc) is 2.64. The Hall–Kier alpha value is -2.09. The molecule has 0 aliphatic rings. The van der Waals surface area contributed by atoms with Crippen LogP contribution in [0, 0.1) is 3.57 Å². The van der Waals surface area contributed by atoms with E-state index in [1.54, 1.807) is 12.1 Å². The van der Waals surface area contributed by atoms with Crippen LogP contribution in [0.4, 0.5) is 0 Å². The molecule has 2 aromatic carbocycles. The maximum Gasteiger partial charge on any atom is 0.325 e. The molecule has 2 rings (SSSR count). The standard InChI is InChI=1S/C19H20INO4/c1-2-14-6-5-7-15(12-14)24-10-11-25-18(22)13-21-19(23)16-8-3-4-9-17(16)20/h3-9,12H,2,10-11,13H2,1H3,(H,21,23). The second kappa shape index (κ2) is 10.0. The Morgan fingerprint density at radius 2 is 1.88 bits per heavy atom. The minimum absolute atomic E-state index is 0.133. The van der Waals surface area contributed by atoms with Gasteiger partial charge in [-0.2, -0.15) is 0 Å². The van der Waals surface area contributed by atoms with Gasteiger partial charge in [0.15, 0.2) is 0 Å². The number of hydrogen-bond donors (Lipinski definition) is 1. The van der Waals surface area contributed by atoms with E-state index in [9.17, 15) is 9.59 Å². The van der Waals surface area contributed by atoms with Crippen LogP contribution in [0.5, 0.6) is 5.75 Å². The number of halogens is 1. The summed E-state index contributed by atoms with van der Waals surface area (Å²) < 4.78 is 11.4. The summed E-state index contributed by atoms with van der Waals surface area (Å²) in [6, 6.07) is 15.0. The molecule has 0 radical (unpaired) electrons. The molecule has 0 aliphatic heterocycles. The van der Waals surface area contributed by atoms with Gasteiger partial charge >= 0.3 is 5.97 Å². The van der Waals surface area contributed by atoms with Crippen LogP contribution in [0.25, 0.3) is 0 Å². The number of benzene rings is 2. The van der Waals surface area contributed by atoms with Gasteiger partial charge in [0.1, 0.15) is 25.5 Å². The second-order valence-electron chi connectivity index (χ2n) is 5.23. The highest BCUT2D eigenvalue weighted by atomic mass is 127. The normalized spacial score (nSPS) is 10.2. The van der Waals surface area contributed by atoms with Gasteiger partial charge in [0.05, 0.1) is 5.56 Å². The summed E-state index contributed by atoms with van der Waals surface area (Å²) in [5, 5.41) is 2.55. The van der Waals surface area contributed by atoms with Gasteiger partial charge in [-0.15, -0.1) is 0 Å². The molecule has 0 heterocycles. The Morgan fingerprint density at radius 1 is 1.08 bits per heavy atom. The minimum Gasteiger partial charge on any atom is -0.490 e. The topological polar surface area (TPSA) is 64.6 Å². The van der Waals surface area contributed by atoms with Crippen LogP contribution in [0.1, 0.15) is 22.8 Å². The van der Waals surface area contributed by atoms with E-state index >= 15 is 0 Å². The predicted octanol–water partition coefficient (Wildman–Crippen LogP) is 3.21. The van der Waals surface area contributed by atoms with Crippen molar-refractivity contribution in [2.45, 2.75) is 13.3 Å². The van der Waals surface area contributed by atoms with Gasteiger partial charge < -0.3 is 14.8 Å². The van der Waals surface area contributed by atoms with Crippen molar-refractivity contribution in [2.24, 2.45) is 0 Å². The van der Waals surface area contributed by atoms with Crippen molar-refractivity contribution in [3.63, 3.8) is 0 Å². The molecule has 0 unspecified atom stereocenters. The lowest BCUT2D eigenvalue weighted by molar-refractivity contribution is -0.143. The first-order chi connectivity index (χ1) is 12.1. The molecule has 132 valence electrons. The maximum atomic E-state index is 12.0. The van der Waals surface area contributed by atoms with E-state index in [0.29, 0.717) is 5.56 Å². The summed E-state index contributed by atoms with van der Waals surface area (Å²) in [4.78, 5) is 23.7. The molecule has 0 saturated carbocycles. The zero-order chi connectivity index (χ0) is 18.1. The third kappa shape index (κ3) is 6.38. The molecule has 0 atom stereocenters. The molecule has 0 spiro atoms. The van der Waals surface area contributed by atoms with Crippen LogP contribution in [0.3, 0.4) is 0 Å². The number of aryl methyl sites for hydroxylation is 1. The Labute approximate surface area is 160 Å². The molecule has 1 N–H and O–H groups in total. The number of esters is 1. The van der Waals surface area contributed by atoms with E-state index in [1.807, 2.05) is 36.4 Å². The highest BCUT2D eigenvalue weighted by molar-refractivity contribution is 14.1. The summed E-state index contributed by atoms with van der Waals surface area (Å²) in [7, 11) is 0. The minimum atomic E-state index is -0.495. The smallest absolute Gasteiger partial charge is 0.325 e.